The first kappa shape index (κ1) is 19.5. The maximum atomic E-state index is 13.4. The first-order chi connectivity index (χ1) is 14.5. The zero-order valence-electron chi connectivity index (χ0n) is 15.8. The number of anilines is 2. The highest BCUT2D eigenvalue weighted by Gasteiger charge is 2.15. The number of nitrogens with zero attached hydrogens (tertiary/aromatic N) is 3. The lowest BCUT2D eigenvalue weighted by molar-refractivity contribution is 0.102. The second kappa shape index (κ2) is 8.26. The number of nitrogens with one attached hydrogen (secondary N) is 2. The molecule has 150 valence electrons. The predicted molar refractivity (Wildman–Crippen MR) is 113 cm³/mol. The fourth-order valence-corrected chi connectivity index (χ4v) is 3.53. The lowest BCUT2D eigenvalue weighted by Crippen LogP contribution is -2.11. The molecular formula is C21H16FN5O2S. The summed E-state index contributed by atoms with van der Waals surface area (Å²) < 4.78 is 15.0. The lowest BCUT2D eigenvalue weighted by Gasteiger charge is -2.06. The number of hydrogen-bond donors (Lipinski definition) is 2. The molecule has 0 fully saturated rings. The van der Waals surface area contributed by atoms with Crippen molar-refractivity contribution in [1.82, 2.24) is 14.8 Å². The van der Waals surface area contributed by atoms with Crippen LogP contribution in [0.2, 0.25) is 0 Å². The standard InChI is InChI=1S/C21H16FN5O2S/c1-13-10-15(4-7-17(13)22)26-21(29)19-9-8-18(30-19)20(28)25-14-2-5-16(6-3-14)27-12-23-11-24-27/h2-12H,1H3,(H,25,28)(H,26,29). The van der Waals surface area contributed by atoms with Gasteiger partial charge in [0.25, 0.3) is 11.8 Å². The van der Waals surface area contributed by atoms with Gasteiger partial charge in [-0.2, -0.15) is 5.10 Å². The first-order valence-corrected chi connectivity index (χ1v) is 9.75. The number of thiophene rings is 1. The summed E-state index contributed by atoms with van der Waals surface area (Å²) in [6.07, 6.45) is 3.02. The molecule has 0 atom stereocenters. The van der Waals surface area contributed by atoms with Crippen molar-refractivity contribution in [2.45, 2.75) is 6.92 Å². The third-order valence-corrected chi connectivity index (χ3v) is 5.36. The van der Waals surface area contributed by atoms with E-state index >= 15 is 0 Å². The minimum Gasteiger partial charge on any atom is -0.321 e. The van der Waals surface area contributed by atoms with Gasteiger partial charge in [0.2, 0.25) is 0 Å². The fourth-order valence-electron chi connectivity index (χ4n) is 2.73. The number of benzene rings is 2. The maximum absolute atomic E-state index is 13.4. The molecule has 4 aromatic rings. The average molecular weight is 421 g/mol. The number of halogens is 1. The van der Waals surface area contributed by atoms with Gasteiger partial charge >= 0.3 is 0 Å². The van der Waals surface area contributed by atoms with E-state index in [0.717, 1.165) is 17.0 Å². The van der Waals surface area contributed by atoms with Crippen LogP contribution in [0, 0.1) is 12.7 Å². The van der Waals surface area contributed by atoms with E-state index in [2.05, 4.69) is 20.7 Å². The van der Waals surface area contributed by atoms with Gasteiger partial charge in [-0.15, -0.1) is 11.3 Å². The summed E-state index contributed by atoms with van der Waals surface area (Å²) in [5.41, 5.74) is 2.36. The highest BCUT2D eigenvalue weighted by Crippen LogP contribution is 2.21. The van der Waals surface area contributed by atoms with E-state index in [1.807, 2.05) is 12.1 Å². The Morgan fingerprint density at radius 2 is 1.57 bits per heavy atom. The molecule has 0 unspecified atom stereocenters. The molecule has 2 aromatic carbocycles. The molecule has 0 radical (unpaired) electrons. The molecule has 7 nitrogen and oxygen atoms in total. The predicted octanol–water partition coefficient (Wildman–Crippen LogP) is 4.28. The van der Waals surface area contributed by atoms with Crippen molar-refractivity contribution in [3.8, 4) is 5.69 Å². The summed E-state index contributed by atoms with van der Waals surface area (Å²) in [7, 11) is 0. The molecule has 2 N–H and O–H groups in total. The van der Waals surface area contributed by atoms with Crippen LogP contribution in [-0.2, 0) is 0 Å². The van der Waals surface area contributed by atoms with Gasteiger partial charge in [0.05, 0.1) is 15.4 Å². The summed E-state index contributed by atoms with van der Waals surface area (Å²) in [5, 5.41) is 9.55. The number of rotatable bonds is 5. The lowest BCUT2D eigenvalue weighted by atomic mass is 10.2. The van der Waals surface area contributed by atoms with Gasteiger partial charge in [0.15, 0.2) is 0 Å². The summed E-state index contributed by atoms with van der Waals surface area (Å²) in [4.78, 5) is 29.6. The minimum absolute atomic E-state index is 0.315. The number of carbonyl (C=O) groups is 2. The Balaban J connectivity index is 1.41. The molecule has 0 aliphatic carbocycles. The Morgan fingerprint density at radius 1 is 0.933 bits per heavy atom. The topological polar surface area (TPSA) is 88.9 Å². The average Bonchev–Trinajstić information content (AvgIpc) is 3.43. The van der Waals surface area contributed by atoms with Crippen molar-refractivity contribution in [1.29, 1.82) is 0 Å². The van der Waals surface area contributed by atoms with Gasteiger partial charge in [-0.05, 0) is 67.1 Å². The van der Waals surface area contributed by atoms with E-state index in [4.69, 9.17) is 0 Å². The number of carbonyl (C=O) groups excluding carboxylic acids is 2. The van der Waals surface area contributed by atoms with E-state index < -0.39 is 0 Å². The largest absolute Gasteiger partial charge is 0.321 e. The van der Waals surface area contributed by atoms with Crippen molar-refractivity contribution in [2.75, 3.05) is 10.6 Å². The van der Waals surface area contributed by atoms with Crippen molar-refractivity contribution < 1.29 is 14.0 Å². The third-order valence-electron chi connectivity index (χ3n) is 4.28. The molecule has 0 saturated carbocycles. The minimum atomic E-state index is -0.359. The highest BCUT2D eigenvalue weighted by atomic mass is 32.1. The van der Waals surface area contributed by atoms with Gasteiger partial charge in [0, 0.05) is 11.4 Å². The van der Waals surface area contributed by atoms with E-state index in [9.17, 15) is 14.0 Å². The number of aryl methyl sites for hydroxylation is 1. The summed E-state index contributed by atoms with van der Waals surface area (Å²) in [5.74, 6) is -1.01. The van der Waals surface area contributed by atoms with Crippen LogP contribution in [0.1, 0.15) is 24.9 Å². The van der Waals surface area contributed by atoms with Crippen molar-refractivity contribution in [3.63, 3.8) is 0 Å². The molecule has 4 rings (SSSR count). The number of amides is 2. The molecule has 0 spiro atoms. The monoisotopic (exact) mass is 421 g/mol. The summed E-state index contributed by atoms with van der Waals surface area (Å²) in [6.45, 7) is 1.62. The van der Waals surface area contributed by atoms with Gasteiger partial charge in [-0.25, -0.2) is 14.1 Å². The molecule has 30 heavy (non-hydrogen) atoms. The molecule has 9 heteroatoms. The van der Waals surface area contributed by atoms with Crippen molar-refractivity contribution in [2.24, 2.45) is 0 Å². The summed E-state index contributed by atoms with van der Waals surface area (Å²) in [6, 6.07) is 14.6. The van der Waals surface area contributed by atoms with Gasteiger partial charge < -0.3 is 10.6 Å². The fraction of sp³-hybridized carbons (Fsp3) is 0.0476. The molecule has 0 aliphatic rings. The second-order valence-corrected chi connectivity index (χ2v) is 7.51. The van der Waals surface area contributed by atoms with Crippen LogP contribution in [0.4, 0.5) is 15.8 Å². The van der Waals surface area contributed by atoms with Gasteiger partial charge in [-0.1, -0.05) is 0 Å². The molecule has 2 heterocycles. The second-order valence-electron chi connectivity index (χ2n) is 6.42. The van der Waals surface area contributed by atoms with Crippen LogP contribution in [0.25, 0.3) is 5.69 Å². The Hall–Kier alpha value is -3.85. The normalized spacial score (nSPS) is 10.6. The van der Waals surface area contributed by atoms with Gasteiger partial charge in [0.1, 0.15) is 18.5 Å². The number of hydrogen-bond acceptors (Lipinski definition) is 5. The van der Waals surface area contributed by atoms with E-state index in [1.54, 1.807) is 48.3 Å². The number of aromatic nitrogens is 3. The SMILES string of the molecule is Cc1cc(NC(=O)c2ccc(C(=O)Nc3ccc(-n4cncn4)cc3)s2)ccc1F. The smallest absolute Gasteiger partial charge is 0.265 e. The molecule has 0 aliphatic heterocycles. The maximum Gasteiger partial charge on any atom is 0.265 e. The van der Waals surface area contributed by atoms with Crippen LogP contribution in [0.15, 0.2) is 67.3 Å². The quantitative estimate of drug-likeness (QED) is 0.503. The highest BCUT2D eigenvalue weighted by molar-refractivity contribution is 7.16. The van der Waals surface area contributed by atoms with Crippen LogP contribution in [0.3, 0.4) is 0 Å². The van der Waals surface area contributed by atoms with E-state index in [-0.39, 0.29) is 17.6 Å². The molecular weight excluding hydrogens is 405 g/mol. The van der Waals surface area contributed by atoms with E-state index in [1.165, 1.54) is 18.5 Å². The first-order valence-electron chi connectivity index (χ1n) is 8.93. The summed E-state index contributed by atoms with van der Waals surface area (Å²) >= 11 is 1.08. The van der Waals surface area contributed by atoms with Gasteiger partial charge in [-0.3, -0.25) is 9.59 Å². The van der Waals surface area contributed by atoms with Crippen molar-refractivity contribution >= 4 is 34.5 Å². The van der Waals surface area contributed by atoms with Crippen LogP contribution >= 0.6 is 11.3 Å². The Morgan fingerprint density at radius 3 is 2.17 bits per heavy atom. The Bertz CT molecular complexity index is 1200. The molecule has 2 aromatic heterocycles. The Labute approximate surface area is 175 Å². The molecule has 0 saturated heterocycles. The third kappa shape index (κ3) is 4.26. The van der Waals surface area contributed by atoms with Crippen LogP contribution in [0.5, 0.6) is 0 Å². The molecule has 2 amide bonds. The zero-order valence-corrected chi connectivity index (χ0v) is 16.6. The van der Waals surface area contributed by atoms with E-state index in [0.29, 0.717) is 26.7 Å². The van der Waals surface area contributed by atoms with Crippen molar-refractivity contribution in [3.05, 3.63) is 88.4 Å². The zero-order chi connectivity index (χ0) is 21.1. The van der Waals surface area contributed by atoms with Crippen LogP contribution < -0.4 is 10.6 Å². The Kier molecular flexibility index (Phi) is 5.36. The van der Waals surface area contributed by atoms with Crippen LogP contribution in [-0.4, -0.2) is 26.6 Å². The molecule has 0 bridgehead atoms.